The fourth-order valence-corrected chi connectivity index (χ4v) is 2.45. The molecule has 0 saturated carbocycles. The summed E-state index contributed by atoms with van der Waals surface area (Å²) in [7, 11) is 2.24. The van der Waals surface area contributed by atoms with Crippen LogP contribution in [0.15, 0.2) is 0 Å². The normalized spacial score (nSPS) is 48.0. The van der Waals surface area contributed by atoms with E-state index in [-0.39, 0.29) is 0 Å². The molecule has 2 heteroatoms. The Morgan fingerprint density at radius 2 is 1.70 bits per heavy atom. The lowest BCUT2D eigenvalue weighted by molar-refractivity contribution is 0.163. The highest BCUT2D eigenvalue weighted by Gasteiger charge is 2.36. The van der Waals surface area contributed by atoms with E-state index < -0.39 is 0 Å². The van der Waals surface area contributed by atoms with Crippen LogP contribution < -0.4 is 5.73 Å². The lowest BCUT2D eigenvalue weighted by atomic mass is 9.99. The van der Waals surface area contributed by atoms with E-state index in [1.165, 1.54) is 25.7 Å². The van der Waals surface area contributed by atoms with Crippen molar-refractivity contribution in [3.63, 3.8) is 0 Å². The summed E-state index contributed by atoms with van der Waals surface area (Å²) in [4.78, 5) is 2.52. The first-order chi connectivity index (χ1) is 4.77. The average molecular weight is 140 g/mol. The molecule has 2 N–H and O–H groups in total. The maximum Gasteiger partial charge on any atom is 0.0110 e. The molecule has 0 unspecified atom stereocenters. The summed E-state index contributed by atoms with van der Waals surface area (Å²) in [5, 5.41) is 0. The maximum absolute atomic E-state index is 5.89. The molecule has 0 radical (unpaired) electrons. The number of hydrogen-bond acceptors (Lipinski definition) is 2. The van der Waals surface area contributed by atoms with Crippen molar-refractivity contribution in [2.45, 2.75) is 43.8 Å². The van der Waals surface area contributed by atoms with Crippen molar-refractivity contribution in [2.75, 3.05) is 7.05 Å². The highest BCUT2D eigenvalue weighted by Crippen LogP contribution is 2.33. The van der Waals surface area contributed by atoms with Gasteiger partial charge in [-0.25, -0.2) is 0 Å². The van der Waals surface area contributed by atoms with Crippen LogP contribution in [0, 0.1) is 0 Å². The molecular weight excluding hydrogens is 124 g/mol. The third-order valence-electron chi connectivity index (χ3n) is 3.13. The van der Waals surface area contributed by atoms with E-state index in [1.807, 2.05) is 0 Å². The van der Waals surface area contributed by atoms with Crippen LogP contribution in [0.4, 0.5) is 0 Å². The van der Waals surface area contributed by atoms with E-state index in [0.29, 0.717) is 6.04 Å². The van der Waals surface area contributed by atoms with Gasteiger partial charge in [0.25, 0.3) is 0 Å². The molecule has 2 heterocycles. The molecule has 2 bridgehead atoms. The van der Waals surface area contributed by atoms with Crippen molar-refractivity contribution < 1.29 is 0 Å². The summed E-state index contributed by atoms with van der Waals surface area (Å²) < 4.78 is 0. The van der Waals surface area contributed by atoms with E-state index in [9.17, 15) is 0 Å². The first kappa shape index (κ1) is 6.62. The van der Waals surface area contributed by atoms with Crippen molar-refractivity contribution in [1.29, 1.82) is 0 Å². The van der Waals surface area contributed by atoms with Gasteiger partial charge in [-0.2, -0.15) is 0 Å². The monoisotopic (exact) mass is 140 g/mol. The number of piperidine rings is 1. The van der Waals surface area contributed by atoms with Crippen LogP contribution in [0.5, 0.6) is 0 Å². The highest BCUT2D eigenvalue weighted by atomic mass is 15.2. The molecule has 2 saturated heterocycles. The van der Waals surface area contributed by atoms with Gasteiger partial charge in [0.05, 0.1) is 0 Å². The largest absolute Gasteiger partial charge is 0.328 e. The van der Waals surface area contributed by atoms with Crippen molar-refractivity contribution in [1.82, 2.24) is 4.90 Å². The number of fused-ring (bicyclic) bond motifs is 2. The standard InChI is InChI=1S/C8H16N2/c1-10-7-2-3-8(10)5-6(9)4-7/h6-8H,2-5,9H2,1H3/t7-,8-/m1/s1. The first-order valence-corrected chi connectivity index (χ1v) is 4.25. The average Bonchev–Trinajstić information content (AvgIpc) is 2.20. The van der Waals surface area contributed by atoms with Crippen LogP contribution >= 0.6 is 0 Å². The molecule has 0 aromatic carbocycles. The van der Waals surface area contributed by atoms with Gasteiger partial charge in [-0.15, -0.1) is 0 Å². The van der Waals surface area contributed by atoms with Gasteiger partial charge in [-0.3, -0.25) is 0 Å². The Kier molecular flexibility index (Phi) is 1.46. The van der Waals surface area contributed by atoms with Gasteiger partial charge in [-0.05, 0) is 32.7 Å². The van der Waals surface area contributed by atoms with E-state index in [2.05, 4.69) is 11.9 Å². The summed E-state index contributed by atoms with van der Waals surface area (Å²) in [6.45, 7) is 0. The van der Waals surface area contributed by atoms with Crippen molar-refractivity contribution in [3.8, 4) is 0 Å². The molecule has 2 aliphatic heterocycles. The number of nitrogens with zero attached hydrogens (tertiary/aromatic N) is 1. The summed E-state index contributed by atoms with van der Waals surface area (Å²) in [6.07, 6.45) is 5.23. The van der Waals surface area contributed by atoms with Crippen LogP contribution in [-0.2, 0) is 0 Å². The van der Waals surface area contributed by atoms with Crippen molar-refractivity contribution in [3.05, 3.63) is 0 Å². The van der Waals surface area contributed by atoms with Gasteiger partial charge in [0.2, 0.25) is 0 Å². The SMILES string of the molecule is CN1[C@@H]2CC[C@@H]1CC(N)C2. The second-order valence-corrected chi connectivity index (χ2v) is 3.78. The van der Waals surface area contributed by atoms with Gasteiger partial charge < -0.3 is 10.6 Å². The fourth-order valence-electron chi connectivity index (χ4n) is 2.45. The van der Waals surface area contributed by atoms with Crippen LogP contribution in [0.25, 0.3) is 0 Å². The third kappa shape index (κ3) is 0.867. The Morgan fingerprint density at radius 3 is 2.20 bits per heavy atom. The predicted molar refractivity (Wildman–Crippen MR) is 41.8 cm³/mol. The highest BCUT2D eigenvalue weighted by molar-refractivity contribution is 4.94. The van der Waals surface area contributed by atoms with Gasteiger partial charge >= 0.3 is 0 Å². The van der Waals surface area contributed by atoms with Crippen LogP contribution in [-0.4, -0.2) is 30.1 Å². The first-order valence-electron chi connectivity index (χ1n) is 4.25. The zero-order valence-corrected chi connectivity index (χ0v) is 6.59. The smallest absolute Gasteiger partial charge is 0.0110 e. The Labute approximate surface area is 62.4 Å². The molecular formula is C8H16N2. The molecule has 2 fully saturated rings. The molecule has 58 valence electrons. The van der Waals surface area contributed by atoms with E-state index in [0.717, 1.165) is 12.1 Å². The van der Waals surface area contributed by atoms with Crippen LogP contribution in [0.2, 0.25) is 0 Å². The minimum Gasteiger partial charge on any atom is -0.328 e. The van der Waals surface area contributed by atoms with E-state index in [1.54, 1.807) is 0 Å². The molecule has 0 aromatic rings. The van der Waals surface area contributed by atoms with Gasteiger partial charge in [0.15, 0.2) is 0 Å². The minimum absolute atomic E-state index is 0.494. The van der Waals surface area contributed by atoms with Crippen LogP contribution in [0.3, 0.4) is 0 Å². The topological polar surface area (TPSA) is 29.3 Å². The van der Waals surface area contributed by atoms with Crippen molar-refractivity contribution >= 4 is 0 Å². The summed E-state index contributed by atoms with van der Waals surface area (Å²) >= 11 is 0. The number of hydrogen-bond donors (Lipinski definition) is 1. The van der Waals surface area contributed by atoms with Gasteiger partial charge in [0, 0.05) is 18.1 Å². The molecule has 0 amide bonds. The predicted octanol–water partition coefficient (Wildman–Crippen LogP) is 0.570. The Hall–Kier alpha value is -0.0800. The van der Waals surface area contributed by atoms with Gasteiger partial charge in [-0.1, -0.05) is 0 Å². The van der Waals surface area contributed by atoms with Crippen molar-refractivity contribution in [2.24, 2.45) is 5.73 Å². The van der Waals surface area contributed by atoms with E-state index in [4.69, 9.17) is 5.73 Å². The second kappa shape index (κ2) is 2.21. The second-order valence-electron chi connectivity index (χ2n) is 3.78. The Balaban J connectivity index is 2.09. The lowest BCUT2D eigenvalue weighted by Gasteiger charge is -2.34. The molecule has 10 heavy (non-hydrogen) atoms. The van der Waals surface area contributed by atoms with E-state index >= 15 is 0 Å². The lowest BCUT2D eigenvalue weighted by Crippen LogP contribution is -2.45. The molecule has 0 aromatic heterocycles. The molecule has 2 aliphatic rings. The third-order valence-corrected chi connectivity index (χ3v) is 3.13. The Bertz CT molecular complexity index is 121. The molecule has 2 rings (SSSR count). The summed E-state index contributed by atoms with van der Waals surface area (Å²) in [5.74, 6) is 0. The fraction of sp³-hybridized carbons (Fsp3) is 1.00. The minimum atomic E-state index is 0.494. The molecule has 2 nitrogen and oxygen atoms in total. The number of rotatable bonds is 0. The molecule has 0 spiro atoms. The zero-order valence-electron chi connectivity index (χ0n) is 6.59. The summed E-state index contributed by atoms with van der Waals surface area (Å²) in [6, 6.07) is 2.12. The molecule has 0 aliphatic carbocycles. The molecule has 2 atom stereocenters. The Morgan fingerprint density at radius 1 is 1.20 bits per heavy atom. The number of nitrogens with two attached hydrogens (primary N) is 1. The zero-order chi connectivity index (χ0) is 7.14. The van der Waals surface area contributed by atoms with Crippen LogP contribution in [0.1, 0.15) is 25.7 Å². The summed E-state index contributed by atoms with van der Waals surface area (Å²) in [5.41, 5.74) is 5.89. The van der Waals surface area contributed by atoms with Gasteiger partial charge in [0.1, 0.15) is 0 Å². The quantitative estimate of drug-likeness (QED) is 0.533. The maximum atomic E-state index is 5.89.